The van der Waals surface area contributed by atoms with E-state index in [0.29, 0.717) is 0 Å². The van der Waals surface area contributed by atoms with E-state index in [2.05, 4.69) is 31.2 Å². The van der Waals surface area contributed by atoms with Gasteiger partial charge in [0.05, 0.1) is 6.10 Å². The fourth-order valence-corrected chi connectivity index (χ4v) is 2.10. The molecule has 0 aromatic heterocycles. The Morgan fingerprint density at radius 2 is 2.06 bits per heavy atom. The predicted molar refractivity (Wildman–Crippen MR) is 74.0 cm³/mol. The van der Waals surface area contributed by atoms with Gasteiger partial charge in [0.25, 0.3) is 0 Å². The fraction of sp³-hybridized carbons (Fsp3) is 0.500. The first-order chi connectivity index (χ1) is 8.70. The third-order valence-corrected chi connectivity index (χ3v) is 3.00. The zero-order valence-electron chi connectivity index (χ0n) is 11.5. The second kappa shape index (κ2) is 6.05. The lowest BCUT2D eigenvalue weighted by Crippen LogP contribution is -2.17. The maximum atomic E-state index is 5.96. The predicted octanol–water partition coefficient (Wildman–Crippen LogP) is 4.67. The summed E-state index contributed by atoms with van der Waals surface area (Å²) in [6, 6.07) is 8.30. The Kier molecular flexibility index (Phi) is 4.43. The Hall–Kier alpha value is -1.28. The molecule has 0 radical (unpaired) electrons. The number of benzene rings is 1. The van der Waals surface area contributed by atoms with Gasteiger partial charge in [-0.05, 0) is 31.9 Å². The largest absolute Gasteiger partial charge is 0.465 e. The minimum absolute atomic E-state index is 0.161. The van der Waals surface area contributed by atoms with E-state index in [0.717, 1.165) is 24.2 Å². The molecule has 1 aromatic rings. The average molecular weight is 246 g/mol. The molecule has 0 spiro atoms. The molecular formula is C16H22O2. The summed E-state index contributed by atoms with van der Waals surface area (Å²) in [6.07, 6.45) is 5.38. The van der Waals surface area contributed by atoms with Gasteiger partial charge in [0.15, 0.2) is 0 Å². The number of ether oxygens (including phenoxy) is 2. The fourth-order valence-electron chi connectivity index (χ4n) is 2.10. The summed E-state index contributed by atoms with van der Waals surface area (Å²) in [6.45, 7) is 6.27. The molecule has 2 nitrogen and oxygen atoms in total. The van der Waals surface area contributed by atoms with Gasteiger partial charge >= 0.3 is 0 Å². The van der Waals surface area contributed by atoms with E-state index in [-0.39, 0.29) is 12.4 Å². The molecule has 1 aromatic carbocycles. The third kappa shape index (κ3) is 3.14. The van der Waals surface area contributed by atoms with Crippen LogP contribution in [0.25, 0.3) is 6.08 Å². The van der Waals surface area contributed by atoms with Gasteiger partial charge < -0.3 is 9.47 Å². The van der Waals surface area contributed by atoms with Crippen LogP contribution < -0.4 is 0 Å². The molecule has 98 valence electrons. The van der Waals surface area contributed by atoms with Crippen molar-refractivity contribution >= 4 is 6.08 Å². The molecule has 0 saturated carbocycles. The highest BCUT2D eigenvalue weighted by Gasteiger charge is 2.23. The van der Waals surface area contributed by atoms with Crippen molar-refractivity contribution in [3.8, 4) is 0 Å². The first-order valence-corrected chi connectivity index (χ1v) is 6.82. The molecule has 1 heterocycles. The molecule has 0 N–H and O–H groups in total. The van der Waals surface area contributed by atoms with Crippen LogP contribution in [0.5, 0.6) is 0 Å². The molecule has 2 rings (SSSR count). The molecule has 0 bridgehead atoms. The van der Waals surface area contributed by atoms with Crippen molar-refractivity contribution in [2.75, 3.05) is 0 Å². The molecule has 1 unspecified atom stereocenters. The standard InChI is InChI=1S/C16H22O2/c1-4-5-9-14-11-13-8-6-7-10-15(13)16(18-14)17-12(2)3/h6-8,10-12,16H,4-5,9H2,1-3H3. The smallest absolute Gasteiger partial charge is 0.227 e. The van der Waals surface area contributed by atoms with Crippen molar-refractivity contribution in [1.29, 1.82) is 0 Å². The molecule has 2 heteroatoms. The van der Waals surface area contributed by atoms with Gasteiger partial charge in [0.1, 0.15) is 5.76 Å². The average Bonchev–Trinajstić information content (AvgIpc) is 2.35. The van der Waals surface area contributed by atoms with Gasteiger partial charge in [-0.15, -0.1) is 0 Å². The van der Waals surface area contributed by atoms with Crippen LogP contribution in [0.2, 0.25) is 0 Å². The van der Waals surface area contributed by atoms with Crippen LogP contribution in [-0.2, 0) is 9.47 Å². The monoisotopic (exact) mass is 246 g/mol. The molecule has 0 fully saturated rings. The van der Waals surface area contributed by atoms with E-state index in [1.807, 2.05) is 19.9 Å². The summed E-state index contributed by atoms with van der Waals surface area (Å²) in [5.74, 6) is 1.04. The van der Waals surface area contributed by atoms with Gasteiger partial charge in [-0.2, -0.15) is 0 Å². The van der Waals surface area contributed by atoms with Gasteiger partial charge in [0.2, 0.25) is 6.29 Å². The van der Waals surface area contributed by atoms with Crippen LogP contribution in [0.4, 0.5) is 0 Å². The quantitative estimate of drug-likeness (QED) is 0.751. The summed E-state index contributed by atoms with van der Waals surface area (Å²) in [4.78, 5) is 0. The van der Waals surface area contributed by atoms with E-state index in [4.69, 9.17) is 9.47 Å². The van der Waals surface area contributed by atoms with Crippen molar-refractivity contribution < 1.29 is 9.47 Å². The zero-order valence-corrected chi connectivity index (χ0v) is 11.5. The van der Waals surface area contributed by atoms with Crippen LogP contribution in [0, 0.1) is 0 Å². The first kappa shape index (κ1) is 13.2. The molecule has 1 aliphatic heterocycles. The molecule has 0 saturated heterocycles. The van der Waals surface area contributed by atoms with Gasteiger partial charge in [0, 0.05) is 12.0 Å². The van der Waals surface area contributed by atoms with Crippen LogP contribution in [0.3, 0.4) is 0 Å². The number of allylic oxidation sites excluding steroid dienone is 1. The number of rotatable bonds is 5. The maximum absolute atomic E-state index is 5.96. The van der Waals surface area contributed by atoms with Crippen molar-refractivity contribution in [3.05, 3.63) is 41.2 Å². The van der Waals surface area contributed by atoms with Gasteiger partial charge in [-0.25, -0.2) is 0 Å². The normalized spacial score (nSPS) is 18.2. The molecular weight excluding hydrogens is 224 g/mol. The van der Waals surface area contributed by atoms with Crippen LogP contribution in [-0.4, -0.2) is 6.10 Å². The van der Waals surface area contributed by atoms with E-state index in [9.17, 15) is 0 Å². The maximum Gasteiger partial charge on any atom is 0.227 e. The summed E-state index contributed by atoms with van der Waals surface area (Å²) >= 11 is 0. The Labute approximate surface area is 110 Å². The second-order valence-corrected chi connectivity index (χ2v) is 4.98. The number of hydrogen-bond acceptors (Lipinski definition) is 2. The minimum atomic E-state index is -0.252. The van der Waals surface area contributed by atoms with Gasteiger partial charge in [-0.3, -0.25) is 0 Å². The lowest BCUT2D eigenvalue weighted by Gasteiger charge is -2.28. The van der Waals surface area contributed by atoms with E-state index < -0.39 is 0 Å². The molecule has 0 aliphatic carbocycles. The molecule has 1 aliphatic rings. The van der Waals surface area contributed by atoms with Gasteiger partial charge in [-0.1, -0.05) is 37.6 Å². The van der Waals surface area contributed by atoms with Crippen LogP contribution in [0.15, 0.2) is 30.0 Å². The van der Waals surface area contributed by atoms with Crippen LogP contribution >= 0.6 is 0 Å². The van der Waals surface area contributed by atoms with E-state index in [1.165, 1.54) is 12.0 Å². The lowest BCUT2D eigenvalue weighted by atomic mass is 10.0. The summed E-state index contributed by atoms with van der Waals surface area (Å²) < 4.78 is 11.8. The Morgan fingerprint density at radius 3 is 2.78 bits per heavy atom. The Morgan fingerprint density at radius 1 is 1.28 bits per heavy atom. The number of unbranched alkanes of at least 4 members (excludes halogenated alkanes) is 1. The summed E-state index contributed by atoms with van der Waals surface area (Å²) in [5, 5.41) is 0. The van der Waals surface area contributed by atoms with E-state index in [1.54, 1.807) is 0 Å². The Bertz CT molecular complexity index is 421. The van der Waals surface area contributed by atoms with E-state index >= 15 is 0 Å². The summed E-state index contributed by atoms with van der Waals surface area (Å²) in [5.41, 5.74) is 2.35. The highest BCUT2D eigenvalue weighted by molar-refractivity contribution is 5.57. The molecule has 1 atom stereocenters. The topological polar surface area (TPSA) is 18.5 Å². The van der Waals surface area contributed by atoms with Crippen molar-refractivity contribution in [1.82, 2.24) is 0 Å². The number of fused-ring (bicyclic) bond motifs is 1. The minimum Gasteiger partial charge on any atom is -0.465 e. The van der Waals surface area contributed by atoms with Crippen molar-refractivity contribution in [3.63, 3.8) is 0 Å². The third-order valence-electron chi connectivity index (χ3n) is 3.00. The zero-order chi connectivity index (χ0) is 13.0. The van der Waals surface area contributed by atoms with Crippen LogP contribution in [0.1, 0.15) is 57.5 Å². The highest BCUT2D eigenvalue weighted by Crippen LogP contribution is 2.34. The molecule has 18 heavy (non-hydrogen) atoms. The van der Waals surface area contributed by atoms with Crippen molar-refractivity contribution in [2.24, 2.45) is 0 Å². The molecule has 0 amide bonds. The number of hydrogen-bond donors (Lipinski definition) is 0. The summed E-state index contributed by atoms with van der Waals surface area (Å²) in [7, 11) is 0. The highest BCUT2D eigenvalue weighted by atomic mass is 16.7. The SMILES string of the molecule is CCCCC1=Cc2ccccc2C(OC(C)C)O1. The lowest BCUT2D eigenvalue weighted by molar-refractivity contribution is -0.147. The second-order valence-electron chi connectivity index (χ2n) is 4.98. The van der Waals surface area contributed by atoms with Crippen molar-refractivity contribution in [2.45, 2.75) is 52.4 Å². The Balaban J connectivity index is 2.21. The first-order valence-electron chi connectivity index (χ1n) is 6.82.